The number of anilines is 1. The molecule has 0 unspecified atom stereocenters. The monoisotopic (exact) mass is 217 g/mol. The molecule has 4 nitrogen and oxygen atoms in total. The van der Waals surface area contributed by atoms with Crippen LogP contribution >= 0.6 is 0 Å². The van der Waals surface area contributed by atoms with Gasteiger partial charge in [0, 0.05) is 18.4 Å². The Bertz CT molecular complexity index is 593. The van der Waals surface area contributed by atoms with Crippen molar-refractivity contribution >= 4 is 5.69 Å². The van der Waals surface area contributed by atoms with Gasteiger partial charge in [0.25, 0.3) is 0 Å². The van der Waals surface area contributed by atoms with Crippen LogP contribution < -0.4 is 11.4 Å². The van der Waals surface area contributed by atoms with E-state index in [1.807, 2.05) is 32.0 Å². The largest absolute Gasteiger partial charge is 0.397 e. The number of benzene rings is 1. The molecule has 0 bridgehead atoms. The topological polar surface area (TPSA) is 52.9 Å². The SMILES string of the molecule is Cc1c(C)n(-c2ccccc2N)c(=O)n1C. The van der Waals surface area contributed by atoms with Crippen molar-refractivity contribution in [3.05, 3.63) is 46.1 Å². The second kappa shape index (κ2) is 3.56. The first-order chi connectivity index (χ1) is 7.54. The van der Waals surface area contributed by atoms with E-state index in [4.69, 9.17) is 5.73 Å². The third-order valence-electron chi connectivity index (χ3n) is 3.02. The lowest BCUT2D eigenvalue weighted by atomic mass is 10.2. The van der Waals surface area contributed by atoms with Crippen molar-refractivity contribution in [1.82, 2.24) is 9.13 Å². The normalized spacial score (nSPS) is 10.7. The molecule has 4 heteroatoms. The van der Waals surface area contributed by atoms with Crippen LogP contribution in [0.3, 0.4) is 0 Å². The highest BCUT2D eigenvalue weighted by atomic mass is 16.1. The number of aromatic nitrogens is 2. The number of hydrogen-bond donors (Lipinski definition) is 1. The first-order valence-electron chi connectivity index (χ1n) is 5.14. The van der Waals surface area contributed by atoms with E-state index in [0.29, 0.717) is 5.69 Å². The highest BCUT2D eigenvalue weighted by Crippen LogP contribution is 2.17. The highest BCUT2D eigenvalue weighted by molar-refractivity contribution is 5.58. The summed E-state index contributed by atoms with van der Waals surface area (Å²) in [5.41, 5.74) is 9.05. The van der Waals surface area contributed by atoms with Gasteiger partial charge in [0.15, 0.2) is 0 Å². The van der Waals surface area contributed by atoms with Crippen LogP contribution in [-0.4, -0.2) is 9.13 Å². The molecular weight excluding hydrogens is 202 g/mol. The summed E-state index contributed by atoms with van der Waals surface area (Å²) in [6.07, 6.45) is 0. The first kappa shape index (κ1) is 10.5. The number of nitrogen functional groups attached to an aromatic ring is 1. The molecule has 2 N–H and O–H groups in total. The van der Waals surface area contributed by atoms with Gasteiger partial charge in [-0.15, -0.1) is 0 Å². The smallest absolute Gasteiger partial charge is 0.332 e. The van der Waals surface area contributed by atoms with Crippen LogP contribution in [0.2, 0.25) is 0 Å². The summed E-state index contributed by atoms with van der Waals surface area (Å²) in [6, 6.07) is 7.38. The zero-order valence-corrected chi connectivity index (χ0v) is 9.69. The summed E-state index contributed by atoms with van der Waals surface area (Å²) < 4.78 is 3.27. The minimum Gasteiger partial charge on any atom is -0.397 e. The average molecular weight is 217 g/mol. The molecule has 0 fully saturated rings. The van der Waals surface area contributed by atoms with Crippen LogP contribution in [0.15, 0.2) is 29.1 Å². The summed E-state index contributed by atoms with van der Waals surface area (Å²) in [5.74, 6) is 0. The fourth-order valence-corrected chi connectivity index (χ4v) is 1.82. The third kappa shape index (κ3) is 1.34. The standard InChI is InChI=1S/C12H15N3O/c1-8-9(2)15(12(16)14(8)3)11-7-5-4-6-10(11)13/h4-7H,13H2,1-3H3. The van der Waals surface area contributed by atoms with Gasteiger partial charge in [-0.3, -0.25) is 9.13 Å². The van der Waals surface area contributed by atoms with Crippen molar-refractivity contribution < 1.29 is 0 Å². The molecule has 0 spiro atoms. The van der Waals surface area contributed by atoms with Gasteiger partial charge >= 0.3 is 5.69 Å². The number of para-hydroxylation sites is 2. The fraction of sp³-hybridized carbons (Fsp3) is 0.250. The van der Waals surface area contributed by atoms with Crippen LogP contribution in [0.1, 0.15) is 11.4 Å². The van der Waals surface area contributed by atoms with Crippen molar-refractivity contribution in [2.24, 2.45) is 7.05 Å². The lowest BCUT2D eigenvalue weighted by Crippen LogP contribution is -2.22. The second-order valence-corrected chi connectivity index (χ2v) is 3.91. The zero-order chi connectivity index (χ0) is 11.9. The van der Waals surface area contributed by atoms with E-state index in [0.717, 1.165) is 17.1 Å². The number of hydrogen-bond acceptors (Lipinski definition) is 2. The Labute approximate surface area is 93.9 Å². The van der Waals surface area contributed by atoms with Crippen molar-refractivity contribution in [1.29, 1.82) is 0 Å². The lowest BCUT2D eigenvalue weighted by Gasteiger charge is -2.07. The van der Waals surface area contributed by atoms with E-state index in [1.165, 1.54) is 0 Å². The van der Waals surface area contributed by atoms with Gasteiger partial charge in [0.1, 0.15) is 0 Å². The minimum absolute atomic E-state index is 0.0621. The molecule has 0 atom stereocenters. The Balaban J connectivity index is 2.80. The van der Waals surface area contributed by atoms with Gasteiger partial charge in [0.05, 0.1) is 11.4 Å². The van der Waals surface area contributed by atoms with Crippen LogP contribution in [0.4, 0.5) is 5.69 Å². The van der Waals surface area contributed by atoms with E-state index in [1.54, 1.807) is 22.2 Å². The van der Waals surface area contributed by atoms with Crippen molar-refractivity contribution in [2.75, 3.05) is 5.73 Å². The van der Waals surface area contributed by atoms with Crippen LogP contribution in [-0.2, 0) is 7.05 Å². The summed E-state index contributed by atoms with van der Waals surface area (Å²) in [6.45, 7) is 3.84. The molecule has 2 aromatic rings. The number of imidazole rings is 1. The number of nitrogens with two attached hydrogens (primary N) is 1. The van der Waals surface area contributed by atoms with Gasteiger partial charge in [0.2, 0.25) is 0 Å². The maximum atomic E-state index is 12.0. The molecule has 0 radical (unpaired) electrons. The Morgan fingerprint density at radius 1 is 1.12 bits per heavy atom. The molecule has 1 aromatic carbocycles. The average Bonchev–Trinajstić information content (AvgIpc) is 2.45. The third-order valence-corrected chi connectivity index (χ3v) is 3.02. The Morgan fingerprint density at radius 2 is 1.75 bits per heavy atom. The van der Waals surface area contributed by atoms with Crippen LogP contribution in [0.5, 0.6) is 0 Å². The summed E-state index contributed by atoms with van der Waals surface area (Å²) in [4.78, 5) is 12.0. The molecule has 84 valence electrons. The second-order valence-electron chi connectivity index (χ2n) is 3.91. The highest BCUT2D eigenvalue weighted by Gasteiger charge is 2.13. The molecule has 2 rings (SSSR count). The van der Waals surface area contributed by atoms with Crippen molar-refractivity contribution in [3.8, 4) is 5.69 Å². The lowest BCUT2D eigenvalue weighted by molar-refractivity contribution is 0.803. The van der Waals surface area contributed by atoms with Gasteiger partial charge in [-0.05, 0) is 26.0 Å². The van der Waals surface area contributed by atoms with Crippen molar-refractivity contribution in [2.45, 2.75) is 13.8 Å². The quantitative estimate of drug-likeness (QED) is 0.733. The van der Waals surface area contributed by atoms with Crippen LogP contribution in [0.25, 0.3) is 5.69 Å². The van der Waals surface area contributed by atoms with Gasteiger partial charge in [-0.1, -0.05) is 12.1 Å². The molecule has 0 saturated carbocycles. The summed E-state index contributed by atoms with van der Waals surface area (Å²) >= 11 is 0. The Kier molecular flexibility index (Phi) is 2.34. The molecule has 1 aromatic heterocycles. The predicted molar refractivity (Wildman–Crippen MR) is 64.9 cm³/mol. The van der Waals surface area contributed by atoms with E-state index >= 15 is 0 Å². The molecule has 0 amide bonds. The Morgan fingerprint density at radius 3 is 2.25 bits per heavy atom. The maximum absolute atomic E-state index is 12.0. The molecule has 0 saturated heterocycles. The Hall–Kier alpha value is -1.97. The van der Waals surface area contributed by atoms with Gasteiger partial charge in [-0.25, -0.2) is 4.79 Å². The summed E-state index contributed by atoms with van der Waals surface area (Å²) in [7, 11) is 1.76. The zero-order valence-electron chi connectivity index (χ0n) is 9.69. The van der Waals surface area contributed by atoms with Gasteiger partial charge < -0.3 is 5.73 Å². The van der Waals surface area contributed by atoms with E-state index < -0.39 is 0 Å². The maximum Gasteiger partial charge on any atom is 0.332 e. The molecular formula is C12H15N3O. The molecule has 0 aliphatic carbocycles. The molecule has 16 heavy (non-hydrogen) atoms. The number of rotatable bonds is 1. The minimum atomic E-state index is -0.0621. The fourth-order valence-electron chi connectivity index (χ4n) is 1.82. The van der Waals surface area contributed by atoms with E-state index in [9.17, 15) is 4.79 Å². The summed E-state index contributed by atoms with van der Waals surface area (Å²) in [5, 5.41) is 0. The molecule has 0 aliphatic rings. The van der Waals surface area contributed by atoms with Crippen molar-refractivity contribution in [3.63, 3.8) is 0 Å². The van der Waals surface area contributed by atoms with Gasteiger partial charge in [-0.2, -0.15) is 0 Å². The molecule has 0 aliphatic heterocycles. The number of nitrogens with zero attached hydrogens (tertiary/aromatic N) is 2. The van der Waals surface area contributed by atoms with E-state index in [2.05, 4.69) is 0 Å². The van der Waals surface area contributed by atoms with Crippen LogP contribution in [0, 0.1) is 13.8 Å². The molecule has 1 heterocycles. The predicted octanol–water partition coefficient (Wildman–Crippen LogP) is 1.38. The van der Waals surface area contributed by atoms with E-state index in [-0.39, 0.29) is 5.69 Å². The first-order valence-corrected chi connectivity index (χ1v) is 5.14.